The van der Waals surface area contributed by atoms with E-state index in [1.54, 1.807) is 12.1 Å². The number of nitrogens with one attached hydrogen (secondary N) is 1. The maximum absolute atomic E-state index is 13.5. The van der Waals surface area contributed by atoms with E-state index >= 15 is 0 Å². The van der Waals surface area contributed by atoms with Crippen LogP contribution in [0.2, 0.25) is 5.02 Å². The van der Waals surface area contributed by atoms with Gasteiger partial charge in [0, 0.05) is 24.5 Å². The van der Waals surface area contributed by atoms with Crippen molar-refractivity contribution in [3.05, 3.63) is 94.5 Å². The molecule has 1 atom stereocenters. The number of sulfonamides is 1. The van der Waals surface area contributed by atoms with Crippen LogP contribution in [0.5, 0.6) is 5.75 Å². The number of hydrogen-bond acceptors (Lipinski definition) is 4. The van der Waals surface area contributed by atoms with E-state index in [0.29, 0.717) is 24.5 Å². The summed E-state index contributed by atoms with van der Waals surface area (Å²) in [4.78, 5) is 13.1. The highest BCUT2D eigenvalue weighted by atomic mass is 35.5. The number of rotatable bonds is 8. The molecule has 3 aromatic rings. The molecule has 0 radical (unpaired) electrons. The van der Waals surface area contributed by atoms with Crippen molar-refractivity contribution in [2.24, 2.45) is 0 Å². The summed E-state index contributed by atoms with van der Waals surface area (Å²) in [6.07, 6.45) is 0.704. The van der Waals surface area contributed by atoms with E-state index in [9.17, 15) is 13.2 Å². The molecule has 35 heavy (non-hydrogen) atoms. The van der Waals surface area contributed by atoms with E-state index in [2.05, 4.69) is 5.32 Å². The molecule has 1 amide bonds. The Bertz CT molecular complexity index is 1280. The summed E-state index contributed by atoms with van der Waals surface area (Å²) >= 11 is 5.96. The van der Waals surface area contributed by atoms with Crippen molar-refractivity contribution in [1.29, 1.82) is 0 Å². The van der Waals surface area contributed by atoms with Gasteiger partial charge in [-0.25, -0.2) is 8.42 Å². The van der Waals surface area contributed by atoms with Crippen molar-refractivity contribution in [2.75, 3.05) is 6.54 Å². The predicted octanol–water partition coefficient (Wildman–Crippen LogP) is 5.12. The zero-order chi connectivity index (χ0) is 25.0. The number of fused-ring (bicyclic) bond motifs is 1. The lowest BCUT2D eigenvalue weighted by atomic mass is 9.92. The fourth-order valence-electron chi connectivity index (χ4n) is 4.28. The number of nitrogens with zero attached hydrogens (tertiary/aromatic N) is 1. The molecular formula is C27H29ClN2O4S. The van der Waals surface area contributed by atoms with Crippen molar-refractivity contribution in [3.63, 3.8) is 0 Å². The molecule has 1 N–H and O–H groups in total. The van der Waals surface area contributed by atoms with Crippen LogP contribution < -0.4 is 10.1 Å². The summed E-state index contributed by atoms with van der Waals surface area (Å²) < 4.78 is 34.2. The average molecular weight is 513 g/mol. The summed E-state index contributed by atoms with van der Waals surface area (Å²) in [6.45, 7) is 4.58. The van der Waals surface area contributed by atoms with Crippen LogP contribution in [-0.4, -0.2) is 31.3 Å². The molecule has 1 aliphatic heterocycles. The minimum Gasteiger partial charge on any atom is -0.491 e. The summed E-state index contributed by atoms with van der Waals surface area (Å²) in [5, 5.41) is 3.40. The molecule has 0 fully saturated rings. The number of amides is 1. The topological polar surface area (TPSA) is 75.7 Å². The molecule has 3 aromatic carbocycles. The molecule has 0 aliphatic carbocycles. The highest BCUT2D eigenvalue weighted by molar-refractivity contribution is 7.89. The van der Waals surface area contributed by atoms with Crippen molar-refractivity contribution in [2.45, 2.75) is 50.3 Å². The number of carbonyl (C=O) groups is 1. The second-order valence-corrected chi connectivity index (χ2v) is 11.2. The molecule has 0 bridgehead atoms. The normalized spacial score (nSPS) is 16.1. The second kappa shape index (κ2) is 10.8. The zero-order valence-corrected chi connectivity index (χ0v) is 21.4. The van der Waals surface area contributed by atoms with Crippen LogP contribution in [0, 0.1) is 0 Å². The van der Waals surface area contributed by atoms with Gasteiger partial charge < -0.3 is 10.1 Å². The van der Waals surface area contributed by atoms with Crippen molar-refractivity contribution >= 4 is 27.5 Å². The summed E-state index contributed by atoms with van der Waals surface area (Å²) in [6, 6.07) is 20.8. The Kier molecular flexibility index (Phi) is 7.79. The smallest absolute Gasteiger partial charge is 0.243 e. The Morgan fingerprint density at radius 3 is 2.43 bits per heavy atom. The number of ether oxygens (including phenoxy) is 1. The van der Waals surface area contributed by atoms with Crippen LogP contribution in [0.15, 0.2) is 77.7 Å². The van der Waals surface area contributed by atoms with Gasteiger partial charge in [0.2, 0.25) is 15.9 Å². The second-order valence-electron chi connectivity index (χ2n) is 8.83. The standard InChI is InChI=1S/C27H29ClN2O4S/c1-19(2)34-23-11-7-20(8-12-23)18-29-27(31)17-26-25-6-4-3-5-21(25)15-16-30(26)35(32,33)24-13-9-22(28)10-14-24/h3-14,19,26H,15-18H2,1-2H3,(H,29,31)/t26-/m0/s1. The third-order valence-corrected chi connectivity index (χ3v) is 8.12. The van der Waals surface area contributed by atoms with Crippen LogP contribution >= 0.6 is 11.6 Å². The minimum atomic E-state index is -3.82. The van der Waals surface area contributed by atoms with Crippen molar-refractivity contribution < 1.29 is 17.9 Å². The van der Waals surface area contributed by atoms with Gasteiger partial charge in [-0.1, -0.05) is 48.0 Å². The van der Waals surface area contributed by atoms with Crippen LogP contribution in [0.3, 0.4) is 0 Å². The number of carbonyl (C=O) groups excluding carboxylic acids is 1. The van der Waals surface area contributed by atoms with Crippen LogP contribution in [0.1, 0.15) is 43.0 Å². The van der Waals surface area contributed by atoms with Gasteiger partial charge in [-0.3, -0.25) is 4.79 Å². The molecule has 4 rings (SSSR count). The quantitative estimate of drug-likeness (QED) is 0.454. The average Bonchev–Trinajstić information content (AvgIpc) is 2.83. The first kappa shape index (κ1) is 25.2. The largest absolute Gasteiger partial charge is 0.491 e. The Labute approximate surface area is 211 Å². The number of halogens is 1. The Morgan fingerprint density at radius 2 is 1.74 bits per heavy atom. The Morgan fingerprint density at radius 1 is 1.06 bits per heavy atom. The molecule has 6 nitrogen and oxygen atoms in total. The van der Waals surface area contributed by atoms with Gasteiger partial charge >= 0.3 is 0 Å². The fraction of sp³-hybridized carbons (Fsp3) is 0.296. The fourth-order valence-corrected chi connectivity index (χ4v) is 6.01. The van der Waals surface area contributed by atoms with Gasteiger partial charge in [-0.2, -0.15) is 4.31 Å². The summed E-state index contributed by atoms with van der Waals surface area (Å²) in [5.41, 5.74) is 2.86. The molecule has 184 valence electrons. The molecule has 1 aliphatic rings. The Hall–Kier alpha value is -2.87. The van der Waals surface area contributed by atoms with Crippen LogP contribution in [0.25, 0.3) is 0 Å². The summed E-state index contributed by atoms with van der Waals surface area (Å²) in [7, 11) is -3.82. The molecule has 0 aromatic heterocycles. The lowest BCUT2D eigenvalue weighted by Crippen LogP contribution is -2.42. The van der Waals surface area contributed by atoms with Gasteiger partial charge in [0.25, 0.3) is 0 Å². The molecule has 0 saturated carbocycles. The Balaban J connectivity index is 1.51. The molecule has 0 saturated heterocycles. The maximum atomic E-state index is 13.5. The van der Waals surface area contributed by atoms with Crippen LogP contribution in [-0.2, 0) is 27.8 Å². The van der Waals surface area contributed by atoms with Gasteiger partial charge in [0.15, 0.2) is 0 Å². The SMILES string of the molecule is CC(C)Oc1ccc(CNC(=O)C[C@H]2c3ccccc3CCN2S(=O)(=O)c2ccc(Cl)cc2)cc1. The summed E-state index contributed by atoms with van der Waals surface area (Å²) in [5.74, 6) is 0.558. The van der Waals surface area contributed by atoms with Crippen molar-refractivity contribution in [1.82, 2.24) is 9.62 Å². The predicted molar refractivity (Wildman–Crippen MR) is 137 cm³/mol. The molecule has 0 spiro atoms. The van der Waals surface area contributed by atoms with E-state index in [1.807, 2.05) is 62.4 Å². The number of hydrogen-bond donors (Lipinski definition) is 1. The van der Waals surface area contributed by atoms with Gasteiger partial charge in [-0.15, -0.1) is 0 Å². The van der Waals surface area contributed by atoms with Crippen molar-refractivity contribution in [3.8, 4) is 5.75 Å². The monoisotopic (exact) mass is 512 g/mol. The molecule has 1 heterocycles. The highest BCUT2D eigenvalue weighted by Gasteiger charge is 2.37. The third-order valence-electron chi connectivity index (χ3n) is 5.95. The third kappa shape index (κ3) is 6.04. The lowest BCUT2D eigenvalue weighted by molar-refractivity contribution is -0.122. The highest BCUT2D eigenvalue weighted by Crippen LogP contribution is 2.36. The maximum Gasteiger partial charge on any atom is 0.243 e. The van der Waals surface area contributed by atoms with Gasteiger partial charge in [0.05, 0.1) is 17.0 Å². The first-order valence-corrected chi connectivity index (χ1v) is 13.4. The minimum absolute atomic E-state index is 0.0262. The van der Waals surface area contributed by atoms with E-state index in [4.69, 9.17) is 16.3 Å². The first-order chi connectivity index (χ1) is 16.7. The first-order valence-electron chi connectivity index (χ1n) is 11.6. The van der Waals surface area contributed by atoms with E-state index < -0.39 is 16.1 Å². The van der Waals surface area contributed by atoms with Gasteiger partial charge in [-0.05, 0) is 73.4 Å². The molecule has 8 heteroatoms. The zero-order valence-electron chi connectivity index (χ0n) is 19.8. The molecular weight excluding hydrogens is 484 g/mol. The van der Waals surface area contributed by atoms with E-state index in [0.717, 1.165) is 22.4 Å². The lowest BCUT2D eigenvalue weighted by Gasteiger charge is -2.36. The number of benzene rings is 3. The van der Waals surface area contributed by atoms with E-state index in [1.165, 1.54) is 16.4 Å². The molecule has 0 unspecified atom stereocenters. The van der Waals surface area contributed by atoms with Gasteiger partial charge in [0.1, 0.15) is 5.75 Å². The van der Waals surface area contributed by atoms with Crippen LogP contribution in [0.4, 0.5) is 0 Å². The van der Waals surface area contributed by atoms with E-state index in [-0.39, 0.29) is 23.3 Å².